The topological polar surface area (TPSA) is 26.0 Å². The fourth-order valence-corrected chi connectivity index (χ4v) is 1.13. The number of hydrogen-bond acceptors (Lipinski definition) is 1. The van der Waals surface area contributed by atoms with E-state index in [0.717, 1.165) is 0 Å². The molecule has 2 N–H and O–H groups in total. The van der Waals surface area contributed by atoms with Gasteiger partial charge in [-0.1, -0.05) is 12.6 Å². The van der Waals surface area contributed by atoms with Crippen molar-refractivity contribution in [1.82, 2.24) is 0 Å². The van der Waals surface area contributed by atoms with Gasteiger partial charge in [-0.3, -0.25) is 0 Å². The lowest BCUT2D eigenvalue weighted by molar-refractivity contribution is 0.604. The maximum Gasteiger partial charge on any atom is 0.120 e. The Morgan fingerprint density at radius 2 is 1.86 bits per heavy atom. The second-order valence-corrected chi connectivity index (χ2v) is 2.40. The van der Waals surface area contributed by atoms with Gasteiger partial charge in [0.15, 0.2) is 0 Å². The van der Waals surface area contributed by atoms with Crippen LogP contribution in [-0.4, -0.2) is 13.3 Å². The zero-order chi connectivity index (χ0) is 5.11. The molecule has 0 bridgehead atoms. The molecule has 2 heteroatoms. The molecule has 0 amide bonds. The van der Waals surface area contributed by atoms with E-state index in [1.165, 1.54) is 32.8 Å². The average Bonchev–Trinajstić information content (AvgIpc) is 1.69. The van der Waals surface area contributed by atoms with Crippen molar-refractivity contribution in [1.29, 1.82) is 0 Å². The maximum atomic E-state index is 5.63. The van der Waals surface area contributed by atoms with Crippen LogP contribution in [0.25, 0.3) is 0 Å². The Morgan fingerprint density at radius 3 is 2.14 bits per heavy atom. The molecule has 1 nitrogen and oxygen atoms in total. The van der Waals surface area contributed by atoms with Crippen molar-refractivity contribution in [2.75, 3.05) is 0 Å². The number of hydrogen-bond donors (Lipinski definition) is 1. The molecule has 0 atom stereocenters. The van der Waals surface area contributed by atoms with Crippen molar-refractivity contribution >= 4 is 7.28 Å². The molecular formula is C5H12BN. The van der Waals surface area contributed by atoms with Gasteiger partial charge in [-0.05, 0) is 12.8 Å². The Kier molecular flexibility index (Phi) is 1.74. The number of rotatable bonds is 0. The van der Waals surface area contributed by atoms with Gasteiger partial charge in [0.2, 0.25) is 0 Å². The van der Waals surface area contributed by atoms with Crippen LogP contribution in [0.3, 0.4) is 0 Å². The highest BCUT2D eigenvalue weighted by Crippen LogP contribution is 2.10. The fourth-order valence-electron chi connectivity index (χ4n) is 1.13. The Labute approximate surface area is 45.5 Å². The highest BCUT2D eigenvalue weighted by atomic mass is 14.6. The zero-order valence-corrected chi connectivity index (χ0v) is 4.69. The standard InChI is InChI=1S/C5H12BN/c7-5-1-3-6-4-2-5/h5-6H,1-4,7H2. The van der Waals surface area contributed by atoms with E-state index in [1.54, 1.807) is 0 Å². The van der Waals surface area contributed by atoms with Crippen LogP contribution in [0.2, 0.25) is 12.6 Å². The van der Waals surface area contributed by atoms with Crippen molar-refractivity contribution in [3.63, 3.8) is 0 Å². The summed E-state index contributed by atoms with van der Waals surface area (Å²) in [6, 6.07) is 0.536. The van der Waals surface area contributed by atoms with Crippen LogP contribution >= 0.6 is 0 Å². The lowest BCUT2D eigenvalue weighted by Crippen LogP contribution is -2.24. The monoisotopic (exact) mass is 97.1 g/mol. The minimum atomic E-state index is 0.536. The molecule has 0 radical (unpaired) electrons. The van der Waals surface area contributed by atoms with Gasteiger partial charge >= 0.3 is 0 Å². The van der Waals surface area contributed by atoms with Gasteiger partial charge in [-0.25, -0.2) is 0 Å². The summed E-state index contributed by atoms with van der Waals surface area (Å²) < 4.78 is 0. The van der Waals surface area contributed by atoms with Crippen LogP contribution in [-0.2, 0) is 0 Å². The Balaban J connectivity index is 2.12. The first-order valence-electron chi connectivity index (χ1n) is 3.15. The second-order valence-electron chi connectivity index (χ2n) is 2.40. The summed E-state index contributed by atoms with van der Waals surface area (Å²) in [5.41, 5.74) is 5.63. The van der Waals surface area contributed by atoms with E-state index >= 15 is 0 Å². The molecular weight excluding hydrogens is 84.9 g/mol. The molecule has 0 unspecified atom stereocenters. The summed E-state index contributed by atoms with van der Waals surface area (Å²) in [6.07, 6.45) is 5.25. The summed E-state index contributed by atoms with van der Waals surface area (Å²) in [7, 11) is 1.41. The predicted molar refractivity (Wildman–Crippen MR) is 34.0 cm³/mol. The molecule has 40 valence electrons. The second kappa shape index (κ2) is 2.36. The molecule has 1 rings (SSSR count). The molecule has 0 aromatic rings. The van der Waals surface area contributed by atoms with Crippen LogP contribution in [0, 0.1) is 0 Å². The fraction of sp³-hybridized carbons (Fsp3) is 1.00. The van der Waals surface area contributed by atoms with Gasteiger partial charge < -0.3 is 5.73 Å². The normalized spacial score (nSPS) is 24.1. The van der Waals surface area contributed by atoms with E-state index in [2.05, 4.69) is 0 Å². The highest BCUT2D eigenvalue weighted by Gasteiger charge is 2.07. The van der Waals surface area contributed by atoms with E-state index < -0.39 is 0 Å². The third-order valence-corrected chi connectivity index (χ3v) is 1.65. The lowest BCUT2D eigenvalue weighted by Gasteiger charge is -2.14. The molecule has 1 fully saturated rings. The smallest absolute Gasteiger partial charge is 0.120 e. The zero-order valence-electron chi connectivity index (χ0n) is 4.69. The molecule has 1 saturated heterocycles. The first kappa shape index (κ1) is 5.17. The highest BCUT2D eigenvalue weighted by molar-refractivity contribution is 6.35. The number of nitrogens with two attached hydrogens (primary N) is 1. The third kappa shape index (κ3) is 1.52. The summed E-state index contributed by atoms with van der Waals surface area (Å²) in [5.74, 6) is 0. The Morgan fingerprint density at radius 1 is 1.29 bits per heavy atom. The van der Waals surface area contributed by atoms with E-state index in [1.807, 2.05) is 0 Å². The van der Waals surface area contributed by atoms with Crippen molar-refractivity contribution in [3.8, 4) is 0 Å². The average molecular weight is 97.0 g/mol. The summed E-state index contributed by atoms with van der Waals surface area (Å²) in [4.78, 5) is 0. The van der Waals surface area contributed by atoms with Crippen LogP contribution in [0.1, 0.15) is 12.8 Å². The van der Waals surface area contributed by atoms with E-state index in [9.17, 15) is 0 Å². The van der Waals surface area contributed by atoms with Gasteiger partial charge in [0, 0.05) is 6.04 Å². The Bertz CT molecular complexity index is 50.0. The first-order chi connectivity index (χ1) is 3.39. The molecule has 0 aliphatic carbocycles. The molecule has 0 spiro atoms. The minimum absolute atomic E-state index is 0.536. The largest absolute Gasteiger partial charge is 0.328 e. The van der Waals surface area contributed by atoms with Crippen molar-refractivity contribution in [3.05, 3.63) is 0 Å². The molecule has 0 saturated carbocycles. The van der Waals surface area contributed by atoms with Crippen molar-refractivity contribution in [2.24, 2.45) is 5.73 Å². The summed E-state index contributed by atoms with van der Waals surface area (Å²) in [6.45, 7) is 0. The van der Waals surface area contributed by atoms with Crippen molar-refractivity contribution < 1.29 is 0 Å². The summed E-state index contributed by atoms with van der Waals surface area (Å²) >= 11 is 0. The predicted octanol–water partition coefficient (Wildman–Crippen LogP) is 0.381. The molecule has 0 aromatic carbocycles. The summed E-state index contributed by atoms with van der Waals surface area (Å²) in [5, 5.41) is 0. The lowest BCUT2D eigenvalue weighted by atomic mass is 9.63. The quantitative estimate of drug-likeness (QED) is 0.434. The van der Waals surface area contributed by atoms with Gasteiger partial charge in [0.25, 0.3) is 0 Å². The maximum absolute atomic E-state index is 5.63. The Hall–Kier alpha value is 0.0249. The molecule has 1 heterocycles. The van der Waals surface area contributed by atoms with Crippen LogP contribution in [0.4, 0.5) is 0 Å². The SMILES string of the molecule is NC1CCBCC1. The minimum Gasteiger partial charge on any atom is -0.328 e. The van der Waals surface area contributed by atoms with Gasteiger partial charge in [0.1, 0.15) is 7.28 Å². The molecule has 1 aliphatic heterocycles. The van der Waals surface area contributed by atoms with Crippen LogP contribution in [0.15, 0.2) is 0 Å². The van der Waals surface area contributed by atoms with Crippen molar-refractivity contribution in [2.45, 2.75) is 31.5 Å². The third-order valence-electron chi connectivity index (χ3n) is 1.65. The van der Waals surface area contributed by atoms with Crippen LogP contribution in [0.5, 0.6) is 0 Å². The van der Waals surface area contributed by atoms with Gasteiger partial charge in [0.05, 0.1) is 0 Å². The van der Waals surface area contributed by atoms with Crippen LogP contribution < -0.4 is 5.73 Å². The van der Waals surface area contributed by atoms with E-state index in [0.29, 0.717) is 6.04 Å². The molecule has 1 aliphatic rings. The molecule has 7 heavy (non-hydrogen) atoms. The first-order valence-corrected chi connectivity index (χ1v) is 3.15. The van der Waals surface area contributed by atoms with E-state index in [-0.39, 0.29) is 0 Å². The van der Waals surface area contributed by atoms with Gasteiger partial charge in [-0.15, -0.1) is 0 Å². The van der Waals surface area contributed by atoms with Gasteiger partial charge in [-0.2, -0.15) is 0 Å². The molecule has 0 aromatic heterocycles. The van der Waals surface area contributed by atoms with E-state index in [4.69, 9.17) is 5.73 Å².